The van der Waals surface area contributed by atoms with E-state index in [4.69, 9.17) is 10.8 Å². The van der Waals surface area contributed by atoms with Crippen LogP contribution in [0.25, 0.3) is 0 Å². The van der Waals surface area contributed by atoms with E-state index in [0.29, 0.717) is 0 Å². The summed E-state index contributed by atoms with van der Waals surface area (Å²) in [4.78, 5) is 22.7. The molecule has 0 aliphatic rings. The van der Waals surface area contributed by atoms with Crippen LogP contribution in [0.4, 0.5) is 10.1 Å². The maximum atomic E-state index is 13.5. The van der Waals surface area contributed by atoms with E-state index < -0.39 is 23.6 Å². The third-order valence-corrected chi connectivity index (χ3v) is 2.84. The first-order valence-electron chi connectivity index (χ1n) is 5.89. The van der Waals surface area contributed by atoms with Crippen LogP contribution in [0.1, 0.15) is 24.2 Å². The number of benzene rings is 1. The standard InChI is InChI=1S/C13H17FN2O3/c1-7(2)10(13(18)19)6-16-12(17)9-4-3-8(15)5-11(9)14/h3-5,7,10H,6,15H2,1-2H3,(H,16,17)(H,18,19). The highest BCUT2D eigenvalue weighted by molar-refractivity contribution is 5.95. The number of aliphatic carboxylic acids is 1. The van der Waals surface area contributed by atoms with Crippen molar-refractivity contribution >= 4 is 17.6 Å². The molecule has 1 rings (SSSR count). The first-order valence-corrected chi connectivity index (χ1v) is 5.89. The van der Waals surface area contributed by atoms with Crippen LogP contribution in [0, 0.1) is 17.7 Å². The van der Waals surface area contributed by atoms with Crippen LogP contribution in [0.15, 0.2) is 18.2 Å². The van der Waals surface area contributed by atoms with Crippen LogP contribution in [0.3, 0.4) is 0 Å². The summed E-state index contributed by atoms with van der Waals surface area (Å²) in [6, 6.07) is 3.73. The molecular formula is C13H17FN2O3. The fraction of sp³-hybridized carbons (Fsp3) is 0.385. The zero-order valence-corrected chi connectivity index (χ0v) is 10.8. The molecule has 1 amide bonds. The van der Waals surface area contributed by atoms with Crippen molar-refractivity contribution in [3.05, 3.63) is 29.6 Å². The van der Waals surface area contributed by atoms with Gasteiger partial charge in [-0.15, -0.1) is 0 Å². The van der Waals surface area contributed by atoms with Crippen LogP contribution in [0.2, 0.25) is 0 Å². The van der Waals surface area contributed by atoms with Gasteiger partial charge in [0.05, 0.1) is 11.5 Å². The number of carboxylic acid groups (broad SMARTS) is 1. The van der Waals surface area contributed by atoms with Crippen molar-refractivity contribution in [1.29, 1.82) is 0 Å². The number of anilines is 1. The zero-order chi connectivity index (χ0) is 14.6. The lowest BCUT2D eigenvalue weighted by Crippen LogP contribution is -2.35. The summed E-state index contributed by atoms with van der Waals surface area (Å²) in [5.41, 5.74) is 5.45. The van der Waals surface area contributed by atoms with Crippen molar-refractivity contribution in [1.82, 2.24) is 5.32 Å². The maximum absolute atomic E-state index is 13.5. The molecule has 6 heteroatoms. The molecule has 19 heavy (non-hydrogen) atoms. The molecule has 1 atom stereocenters. The van der Waals surface area contributed by atoms with Crippen LogP contribution in [-0.2, 0) is 4.79 Å². The summed E-state index contributed by atoms with van der Waals surface area (Å²) in [6.07, 6.45) is 0. The van der Waals surface area contributed by atoms with E-state index in [-0.39, 0.29) is 23.7 Å². The van der Waals surface area contributed by atoms with E-state index in [2.05, 4.69) is 5.32 Å². The highest BCUT2D eigenvalue weighted by atomic mass is 19.1. The molecule has 0 aliphatic heterocycles. The Morgan fingerprint density at radius 3 is 2.53 bits per heavy atom. The van der Waals surface area contributed by atoms with Gasteiger partial charge in [-0.05, 0) is 24.1 Å². The Morgan fingerprint density at radius 1 is 1.42 bits per heavy atom. The molecular weight excluding hydrogens is 251 g/mol. The largest absolute Gasteiger partial charge is 0.481 e. The minimum absolute atomic E-state index is 0.0460. The molecule has 1 unspecified atom stereocenters. The van der Waals surface area contributed by atoms with Crippen LogP contribution in [-0.4, -0.2) is 23.5 Å². The third kappa shape index (κ3) is 3.94. The minimum atomic E-state index is -0.993. The number of hydrogen-bond donors (Lipinski definition) is 3. The molecule has 0 heterocycles. The number of nitrogens with two attached hydrogens (primary N) is 1. The second kappa shape index (κ2) is 6.17. The van der Waals surface area contributed by atoms with Gasteiger partial charge in [-0.2, -0.15) is 0 Å². The Balaban J connectivity index is 2.72. The van der Waals surface area contributed by atoms with Crippen LogP contribution >= 0.6 is 0 Å². The molecule has 0 fully saturated rings. The number of rotatable bonds is 5. The molecule has 4 N–H and O–H groups in total. The lowest BCUT2D eigenvalue weighted by atomic mass is 9.96. The number of nitrogens with one attached hydrogen (secondary N) is 1. The summed E-state index contributed by atoms with van der Waals surface area (Å²) in [7, 11) is 0. The number of nitrogen functional groups attached to an aromatic ring is 1. The molecule has 104 valence electrons. The van der Waals surface area contributed by atoms with Crippen molar-refractivity contribution in [2.75, 3.05) is 12.3 Å². The lowest BCUT2D eigenvalue weighted by Gasteiger charge is -2.16. The number of carbonyl (C=O) groups is 2. The van der Waals surface area contributed by atoms with Gasteiger partial charge in [-0.25, -0.2) is 4.39 Å². The SMILES string of the molecule is CC(C)C(CNC(=O)c1ccc(N)cc1F)C(=O)O. The average Bonchev–Trinajstić information content (AvgIpc) is 2.27. The summed E-state index contributed by atoms with van der Waals surface area (Å²) >= 11 is 0. The Morgan fingerprint density at radius 2 is 2.05 bits per heavy atom. The Bertz CT molecular complexity index is 489. The molecule has 0 bridgehead atoms. The second-order valence-electron chi connectivity index (χ2n) is 4.64. The Hall–Kier alpha value is -2.11. The van der Waals surface area contributed by atoms with E-state index >= 15 is 0 Å². The van der Waals surface area contributed by atoms with E-state index in [1.54, 1.807) is 13.8 Å². The fourth-order valence-corrected chi connectivity index (χ4v) is 1.62. The smallest absolute Gasteiger partial charge is 0.308 e. The molecule has 0 saturated carbocycles. The lowest BCUT2D eigenvalue weighted by molar-refractivity contribution is -0.142. The number of carbonyl (C=O) groups excluding carboxylic acids is 1. The van der Waals surface area contributed by atoms with Crippen molar-refractivity contribution in [2.24, 2.45) is 11.8 Å². The quantitative estimate of drug-likeness (QED) is 0.705. The maximum Gasteiger partial charge on any atom is 0.308 e. The zero-order valence-electron chi connectivity index (χ0n) is 10.8. The molecule has 0 saturated heterocycles. The Kier molecular flexibility index (Phi) is 4.86. The third-order valence-electron chi connectivity index (χ3n) is 2.84. The molecule has 0 radical (unpaired) electrons. The highest BCUT2D eigenvalue weighted by Crippen LogP contribution is 2.13. The van der Waals surface area contributed by atoms with Crippen LogP contribution in [0.5, 0.6) is 0 Å². The van der Waals surface area contributed by atoms with Crippen molar-refractivity contribution < 1.29 is 19.1 Å². The fourth-order valence-electron chi connectivity index (χ4n) is 1.62. The van der Waals surface area contributed by atoms with E-state index in [1.807, 2.05) is 0 Å². The summed E-state index contributed by atoms with van der Waals surface area (Å²) in [6.45, 7) is 3.44. The molecule has 0 spiro atoms. The molecule has 0 aliphatic carbocycles. The van der Waals surface area contributed by atoms with Gasteiger partial charge in [0.1, 0.15) is 5.82 Å². The first-order chi connectivity index (χ1) is 8.82. The van der Waals surface area contributed by atoms with Gasteiger partial charge in [-0.3, -0.25) is 9.59 Å². The Labute approximate surface area is 110 Å². The number of amides is 1. The van der Waals surface area contributed by atoms with Crippen LogP contribution < -0.4 is 11.1 Å². The van der Waals surface area contributed by atoms with Gasteiger partial charge in [-0.1, -0.05) is 13.8 Å². The van der Waals surface area contributed by atoms with Gasteiger partial charge in [0, 0.05) is 12.2 Å². The molecule has 1 aromatic carbocycles. The van der Waals surface area contributed by atoms with Gasteiger partial charge in [0.2, 0.25) is 0 Å². The van der Waals surface area contributed by atoms with E-state index in [9.17, 15) is 14.0 Å². The summed E-state index contributed by atoms with van der Waals surface area (Å²) in [5, 5.41) is 11.4. The van der Waals surface area contributed by atoms with Gasteiger partial charge in [0.25, 0.3) is 5.91 Å². The average molecular weight is 268 g/mol. The van der Waals surface area contributed by atoms with Gasteiger partial charge in [0.15, 0.2) is 0 Å². The minimum Gasteiger partial charge on any atom is -0.481 e. The van der Waals surface area contributed by atoms with E-state index in [0.717, 1.165) is 6.07 Å². The topological polar surface area (TPSA) is 92.4 Å². The monoisotopic (exact) mass is 268 g/mol. The number of hydrogen-bond acceptors (Lipinski definition) is 3. The highest BCUT2D eigenvalue weighted by Gasteiger charge is 2.22. The van der Waals surface area contributed by atoms with Crippen molar-refractivity contribution in [3.63, 3.8) is 0 Å². The number of carboxylic acids is 1. The number of halogens is 1. The second-order valence-corrected chi connectivity index (χ2v) is 4.64. The summed E-state index contributed by atoms with van der Waals surface area (Å²) in [5.74, 6) is -3.21. The van der Waals surface area contributed by atoms with Crippen molar-refractivity contribution in [2.45, 2.75) is 13.8 Å². The first kappa shape index (κ1) is 14.9. The van der Waals surface area contributed by atoms with Gasteiger partial charge < -0.3 is 16.2 Å². The predicted molar refractivity (Wildman–Crippen MR) is 69.1 cm³/mol. The van der Waals surface area contributed by atoms with E-state index in [1.165, 1.54) is 12.1 Å². The van der Waals surface area contributed by atoms with Gasteiger partial charge >= 0.3 is 5.97 Å². The summed E-state index contributed by atoms with van der Waals surface area (Å²) < 4.78 is 13.5. The molecule has 5 nitrogen and oxygen atoms in total. The van der Waals surface area contributed by atoms with Crippen molar-refractivity contribution in [3.8, 4) is 0 Å². The molecule has 0 aromatic heterocycles. The molecule has 1 aromatic rings. The normalized spacial score (nSPS) is 12.2. The predicted octanol–water partition coefficient (Wildman–Crippen LogP) is 1.49.